The standard InChI is InChI=1S/C17H20N4OS/c1-4-12-6-5-7-13-14(8-18-16(12)13)15(22)9-23-17-20-19-10-21(17)11(2)3/h5-8,10-11,18H,4,9H2,1-3H3. The van der Waals surface area contributed by atoms with Crippen LogP contribution >= 0.6 is 11.8 Å². The SMILES string of the molecule is CCc1cccc2c(C(=O)CSc3nncn3C(C)C)c[nH]c12. The van der Waals surface area contributed by atoms with E-state index in [1.165, 1.54) is 17.3 Å². The highest BCUT2D eigenvalue weighted by atomic mass is 32.2. The van der Waals surface area contributed by atoms with Crippen LogP contribution in [0.2, 0.25) is 0 Å². The van der Waals surface area contributed by atoms with Crippen LogP contribution in [0.1, 0.15) is 42.7 Å². The summed E-state index contributed by atoms with van der Waals surface area (Å²) in [5.41, 5.74) is 3.04. The molecular weight excluding hydrogens is 308 g/mol. The molecule has 2 heterocycles. The molecule has 0 saturated carbocycles. The van der Waals surface area contributed by atoms with Crippen molar-refractivity contribution in [2.24, 2.45) is 0 Å². The van der Waals surface area contributed by atoms with E-state index in [4.69, 9.17) is 0 Å². The Hall–Kier alpha value is -2.08. The van der Waals surface area contributed by atoms with E-state index in [1.807, 2.05) is 22.9 Å². The lowest BCUT2D eigenvalue weighted by molar-refractivity contribution is 0.102. The Balaban J connectivity index is 1.80. The summed E-state index contributed by atoms with van der Waals surface area (Å²) in [5.74, 6) is 0.460. The van der Waals surface area contributed by atoms with E-state index in [0.717, 1.165) is 28.0 Å². The number of thioether (sulfide) groups is 1. The van der Waals surface area contributed by atoms with Gasteiger partial charge in [-0.3, -0.25) is 4.79 Å². The van der Waals surface area contributed by atoms with Gasteiger partial charge in [0.2, 0.25) is 0 Å². The molecule has 0 spiro atoms. The minimum absolute atomic E-state index is 0.104. The molecule has 0 amide bonds. The lowest BCUT2D eigenvalue weighted by Gasteiger charge is -2.08. The molecule has 0 atom stereocenters. The summed E-state index contributed by atoms with van der Waals surface area (Å²) in [5, 5.41) is 9.81. The fourth-order valence-electron chi connectivity index (χ4n) is 2.64. The van der Waals surface area contributed by atoms with Crippen molar-refractivity contribution >= 4 is 28.4 Å². The molecule has 120 valence electrons. The molecule has 0 aliphatic heterocycles. The number of hydrogen-bond donors (Lipinski definition) is 1. The maximum Gasteiger partial charge on any atom is 0.191 e. The van der Waals surface area contributed by atoms with Crippen LogP contribution in [0.25, 0.3) is 10.9 Å². The number of hydrogen-bond acceptors (Lipinski definition) is 4. The fraction of sp³-hybridized carbons (Fsp3) is 0.353. The molecule has 0 radical (unpaired) electrons. The summed E-state index contributed by atoms with van der Waals surface area (Å²) in [6.45, 7) is 6.26. The topological polar surface area (TPSA) is 63.6 Å². The van der Waals surface area contributed by atoms with Gasteiger partial charge in [-0.1, -0.05) is 36.9 Å². The maximum atomic E-state index is 12.6. The molecule has 0 fully saturated rings. The Morgan fingerprint density at radius 2 is 2.22 bits per heavy atom. The number of carbonyl (C=O) groups is 1. The molecule has 6 heteroatoms. The van der Waals surface area contributed by atoms with Crippen LogP contribution in [0.4, 0.5) is 0 Å². The van der Waals surface area contributed by atoms with Crippen molar-refractivity contribution in [2.75, 3.05) is 5.75 Å². The lowest BCUT2D eigenvalue weighted by Crippen LogP contribution is -2.05. The summed E-state index contributed by atoms with van der Waals surface area (Å²) in [7, 11) is 0. The first kappa shape index (κ1) is 15.8. The van der Waals surface area contributed by atoms with Crippen LogP contribution in [-0.4, -0.2) is 31.3 Å². The lowest BCUT2D eigenvalue weighted by atomic mass is 10.1. The van der Waals surface area contributed by atoms with Gasteiger partial charge in [0.25, 0.3) is 0 Å². The van der Waals surface area contributed by atoms with Gasteiger partial charge in [-0.05, 0) is 25.8 Å². The number of aromatic nitrogens is 4. The second kappa shape index (κ2) is 6.58. The molecule has 3 aromatic rings. The number of rotatable bonds is 6. The minimum atomic E-state index is 0.104. The van der Waals surface area contributed by atoms with E-state index in [-0.39, 0.29) is 11.8 Å². The third kappa shape index (κ3) is 3.03. The van der Waals surface area contributed by atoms with Crippen LogP contribution in [0.3, 0.4) is 0 Å². The monoisotopic (exact) mass is 328 g/mol. The molecule has 2 aromatic heterocycles. The van der Waals surface area contributed by atoms with Crippen LogP contribution in [0.15, 0.2) is 35.9 Å². The van der Waals surface area contributed by atoms with Gasteiger partial charge in [0.1, 0.15) is 6.33 Å². The van der Waals surface area contributed by atoms with E-state index in [2.05, 4.69) is 42.0 Å². The normalized spacial score (nSPS) is 11.5. The molecule has 5 nitrogen and oxygen atoms in total. The zero-order valence-corrected chi connectivity index (χ0v) is 14.4. The Morgan fingerprint density at radius 3 is 2.96 bits per heavy atom. The Bertz CT molecular complexity index is 834. The number of benzene rings is 1. The number of H-pyrrole nitrogens is 1. The first-order valence-corrected chi connectivity index (χ1v) is 8.74. The predicted molar refractivity (Wildman–Crippen MR) is 93.1 cm³/mol. The second-order valence-electron chi connectivity index (χ2n) is 5.72. The summed E-state index contributed by atoms with van der Waals surface area (Å²) in [6.07, 6.45) is 4.47. The fourth-order valence-corrected chi connectivity index (χ4v) is 3.57. The molecule has 0 unspecified atom stereocenters. The average molecular weight is 328 g/mol. The van der Waals surface area contributed by atoms with Crippen LogP contribution in [0, 0.1) is 0 Å². The highest BCUT2D eigenvalue weighted by molar-refractivity contribution is 7.99. The van der Waals surface area contributed by atoms with Gasteiger partial charge in [-0.2, -0.15) is 0 Å². The molecule has 23 heavy (non-hydrogen) atoms. The van der Waals surface area contributed by atoms with Gasteiger partial charge >= 0.3 is 0 Å². The number of nitrogens with zero attached hydrogens (tertiary/aromatic N) is 3. The molecule has 0 saturated heterocycles. The van der Waals surface area contributed by atoms with Crippen LogP contribution in [0.5, 0.6) is 0 Å². The number of para-hydroxylation sites is 1. The smallest absolute Gasteiger partial charge is 0.191 e. The second-order valence-corrected chi connectivity index (χ2v) is 6.66. The minimum Gasteiger partial charge on any atom is -0.360 e. The Morgan fingerprint density at radius 1 is 1.39 bits per heavy atom. The van der Waals surface area contributed by atoms with Gasteiger partial charge in [0.15, 0.2) is 10.9 Å². The molecule has 3 rings (SSSR count). The van der Waals surface area contributed by atoms with Crippen molar-refractivity contribution in [1.82, 2.24) is 19.7 Å². The van der Waals surface area contributed by atoms with E-state index in [1.54, 1.807) is 6.33 Å². The van der Waals surface area contributed by atoms with Gasteiger partial charge in [-0.15, -0.1) is 10.2 Å². The number of fused-ring (bicyclic) bond motifs is 1. The predicted octanol–water partition coefficient (Wildman–Crippen LogP) is 3.88. The van der Waals surface area contributed by atoms with E-state index in [9.17, 15) is 4.79 Å². The quantitative estimate of drug-likeness (QED) is 0.551. The average Bonchev–Trinajstić information content (AvgIpc) is 3.18. The van der Waals surface area contributed by atoms with Crippen molar-refractivity contribution in [2.45, 2.75) is 38.4 Å². The van der Waals surface area contributed by atoms with Crippen LogP contribution < -0.4 is 0 Å². The molecule has 0 bridgehead atoms. The summed E-state index contributed by atoms with van der Waals surface area (Å²) in [6, 6.07) is 6.38. The molecule has 1 aromatic carbocycles. The van der Waals surface area contributed by atoms with E-state index in [0.29, 0.717) is 5.75 Å². The van der Waals surface area contributed by atoms with Crippen molar-refractivity contribution < 1.29 is 4.79 Å². The Labute approximate surface area is 139 Å². The molecule has 0 aliphatic rings. The molecular formula is C17H20N4OS. The molecule has 1 N–H and O–H groups in total. The van der Waals surface area contributed by atoms with Crippen molar-refractivity contribution in [1.29, 1.82) is 0 Å². The van der Waals surface area contributed by atoms with Crippen molar-refractivity contribution in [3.8, 4) is 0 Å². The third-order valence-corrected chi connectivity index (χ3v) is 4.87. The zero-order chi connectivity index (χ0) is 16.4. The van der Waals surface area contributed by atoms with E-state index >= 15 is 0 Å². The summed E-state index contributed by atoms with van der Waals surface area (Å²) < 4.78 is 1.97. The van der Waals surface area contributed by atoms with E-state index < -0.39 is 0 Å². The zero-order valence-electron chi connectivity index (χ0n) is 13.5. The first-order valence-electron chi connectivity index (χ1n) is 7.76. The van der Waals surface area contributed by atoms with Gasteiger partial charge in [-0.25, -0.2) is 0 Å². The van der Waals surface area contributed by atoms with Gasteiger partial charge < -0.3 is 9.55 Å². The summed E-state index contributed by atoms with van der Waals surface area (Å²) in [4.78, 5) is 15.8. The number of aromatic amines is 1. The highest BCUT2D eigenvalue weighted by Gasteiger charge is 2.16. The maximum absolute atomic E-state index is 12.6. The number of carbonyl (C=O) groups excluding carboxylic acids is 1. The first-order chi connectivity index (χ1) is 11.1. The highest BCUT2D eigenvalue weighted by Crippen LogP contribution is 2.25. The largest absolute Gasteiger partial charge is 0.360 e. The van der Waals surface area contributed by atoms with Gasteiger partial charge in [0, 0.05) is 28.7 Å². The number of nitrogens with one attached hydrogen (secondary N) is 1. The number of Topliss-reactive ketones (excluding diaryl/α,β-unsaturated/α-hetero) is 1. The van der Waals surface area contributed by atoms with Crippen LogP contribution in [-0.2, 0) is 6.42 Å². The number of ketones is 1. The van der Waals surface area contributed by atoms with Gasteiger partial charge in [0.05, 0.1) is 5.75 Å². The third-order valence-electron chi connectivity index (χ3n) is 3.91. The number of aryl methyl sites for hydroxylation is 1. The van der Waals surface area contributed by atoms with Crippen molar-refractivity contribution in [3.63, 3.8) is 0 Å². The van der Waals surface area contributed by atoms with Crippen molar-refractivity contribution in [3.05, 3.63) is 41.9 Å². The summed E-state index contributed by atoms with van der Waals surface area (Å²) >= 11 is 1.43. The Kier molecular flexibility index (Phi) is 4.52. The molecule has 0 aliphatic carbocycles.